The number of fused-ring (bicyclic) bond motifs is 1. The highest BCUT2D eigenvalue weighted by Crippen LogP contribution is 2.32. The van der Waals surface area contributed by atoms with Gasteiger partial charge >= 0.3 is 0 Å². The molecule has 3 atom stereocenters. The van der Waals surface area contributed by atoms with Crippen LogP contribution >= 0.6 is 0 Å². The number of aryl methyl sites for hydroxylation is 1. The number of amides is 2. The van der Waals surface area contributed by atoms with E-state index in [-0.39, 0.29) is 18.4 Å². The van der Waals surface area contributed by atoms with Gasteiger partial charge in [-0.3, -0.25) is 9.59 Å². The van der Waals surface area contributed by atoms with Gasteiger partial charge in [-0.05, 0) is 56.2 Å². The van der Waals surface area contributed by atoms with Gasteiger partial charge in [0, 0.05) is 11.6 Å². The molecule has 2 amide bonds. The summed E-state index contributed by atoms with van der Waals surface area (Å²) in [7, 11) is 0. The van der Waals surface area contributed by atoms with Crippen LogP contribution in [0, 0.1) is 25.7 Å². The predicted octanol–water partition coefficient (Wildman–Crippen LogP) is 1.45. The molecule has 26 heavy (non-hydrogen) atoms. The summed E-state index contributed by atoms with van der Waals surface area (Å²) < 4.78 is 0. The van der Waals surface area contributed by atoms with Crippen LogP contribution in [-0.4, -0.2) is 38.0 Å². The Bertz CT molecular complexity index is 659. The predicted molar refractivity (Wildman–Crippen MR) is 103 cm³/mol. The first-order chi connectivity index (χ1) is 12.5. The second kappa shape index (κ2) is 8.67. The molecule has 1 aromatic rings. The molecule has 1 aliphatic heterocycles. The fourth-order valence-corrected chi connectivity index (χ4v) is 4.51. The van der Waals surface area contributed by atoms with E-state index in [1.54, 1.807) is 0 Å². The normalized spacial score (nSPS) is 25.2. The highest BCUT2D eigenvalue weighted by atomic mass is 16.2. The second-order valence-electron chi connectivity index (χ2n) is 8.05. The minimum atomic E-state index is -0.173. The molecule has 3 N–H and O–H groups in total. The molecule has 0 bridgehead atoms. The van der Waals surface area contributed by atoms with Gasteiger partial charge in [0.2, 0.25) is 5.91 Å². The van der Waals surface area contributed by atoms with Crippen LogP contribution in [0.1, 0.15) is 43.2 Å². The highest BCUT2D eigenvalue weighted by molar-refractivity contribution is 5.95. The maximum absolute atomic E-state index is 12.2. The molecule has 2 fully saturated rings. The lowest BCUT2D eigenvalue weighted by Crippen LogP contribution is -3.15. The number of likely N-dealkylation sites (tertiary alicyclic amines) is 1. The Hall–Kier alpha value is -1.88. The van der Waals surface area contributed by atoms with E-state index in [1.165, 1.54) is 37.0 Å². The lowest BCUT2D eigenvalue weighted by Gasteiger charge is -2.38. The Morgan fingerprint density at radius 3 is 2.65 bits per heavy atom. The van der Waals surface area contributed by atoms with Crippen molar-refractivity contribution in [3.63, 3.8) is 0 Å². The van der Waals surface area contributed by atoms with Gasteiger partial charge < -0.3 is 15.5 Å². The quantitative estimate of drug-likeness (QED) is 0.746. The molecule has 5 nitrogen and oxygen atoms in total. The number of rotatable bonds is 5. The molecule has 0 spiro atoms. The molecule has 5 heteroatoms. The SMILES string of the molecule is Cc1cccc(NC(=O)CNC(=O)C[NH+]2CC[C@@H]3CCCC[C@@H]3C2)c1C. The van der Waals surface area contributed by atoms with Gasteiger partial charge in [0.1, 0.15) is 0 Å². The Kier molecular flexibility index (Phi) is 6.30. The summed E-state index contributed by atoms with van der Waals surface area (Å²) in [5.41, 5.74) is 3.02. The van der Waals surface area contributed by atoms with Crippen LogP contribution in [0.15, 0.2) is 18.2 Å². The minimum absolute atomic E-state index is 0.0228. The van der Waals surface area contributed by atoms with E-state index in [4.69, 9.17) is 0 Å². The number of carbonyl (C=O) groups is 2. The number of anilines is 1. The lowest BCUT2D eigenvalue weighted by atomic mass is 9.75. The average molecular weight is 359 g/mol. The van der Waals surface area contributed by atoms with Crippen LogP contribution < -0.4 is 15.5 Å². The monoisotopic (exact) mass is 358 g/mol. The molecular weight excluding hydrogens is 326 g/mol. The summed E-state index contributed by atoms with van der Waals surface area (Å²) in [5.74, 6) is 1.49. The summed E-state index contributed by atoms with van der Waals surface area (Å²) in [6.07, 6.45) is 6.68. The number of hydrogen-bond donors (Lipinski definition) is 3. The van der Waals surface area contributed by atoms with E-state index in [2.05, 4.69) is 10.6 Å². The van der Waals surface area contributed by atoms with Crippen LogP contribution in [0.5, 0.6) is 0 Å². The van der Waals surface area contributed by atoms with Gasteiger partial charge in [-0.15, -0.1) is 0 Å². The third kappa shape index (κ3) is 4.85. The van der Waals surface area contributed by atoms with E-state index >= 15 is 0 Å². The van der Waals surface area contributed by atoms with Gasteiger partial charge in [-0.1, -0.05) is 25.0 Å². The minimum Gasteiger partial charge on any atom is -0.342 e. The first kappa shape index (κ1) is 18.9. The fraction of sp³-hybridized carbons (Fsp3) is 0.619. The number of carbonyl (C=O) groups excluding carboxylic acids is 2. The van der Waals surface area contributed by atoms with E-state index in [0.29, 0.717) is 6.54 Å². The third-order valence-corrected chi connectivity index (χ3v) is 6.22. The molecule has 142 valence electrons. The number of piperidine rings is 1. The van der Waals surface area contributed by atoms with Crippen LogP contribution in [0.4, 0.5) is 5.69 Å². The van der Waals surface area contributed by atoms with Crippen LogP contribution in [0.25, 0.3) is 0 Å². The Morgan fingerprint density at radius 1 is 1.08 bits per heavy atom. The Balaban J connectivity index is 1.41. The van der Waals surface area contributed by atoms with Crippen molar-refractivity contribution in [3.8, 4) is 0 Å². The van der Waals surface area contributed by atoms with Gasteiger partial charge in [-0.2, -0.15) is 0 Å². The molecular formula is C21H32N3O2+. The zero-order valence-electron chi connectivity index (χ0n) is 16.1. The van der Waals surface area contributed by atoms with Crippen molar-refractivity contribution in [1.82, 2.24) is 5.32 Å². The first-order valence-corrected chi connectivity index (χ1v) is 9.99. The summed E-state index contributed by atoms with van der Waals surface area (Å²) in [6, 6.07) is 5.83. The van der Waals surface area contributed by atoms with Crippen molar-refractivity contribution >= 4 is 17.5 Å². The number of hydrogen-bond acceptors (Lipinski definition) is 2. The lowest BCUT2D eigenvalue weighted by molar-refractivity contribution is -0.902. The van der Waals surface area contributed by atoms with Crippen molar-refractivity contribution in [1.29, 1.82) is 0 Å². The topological polar surface area (TPSA) is 62.6 Å². The summed E-state index contributed by atoms with van der Waals surface area (Å²) in [6.45, 7) is 6.73. The van der Waals surface area contributed by atoms with Crippen molar-refractivity contribution in [2.75, 3.05) is 31.5 Å². The van der Waals surface area contributed by atoms with E-state index in [1.807, 2.05) is 32.0 Å². The van der Waals surface area contributed by atoms with Crippen molar-refractivity contribution < 1.29 is 14.5 Å². The van der Waals surface area contributed by atoms with Gasteiger partial charge in [0.05, 0.1) is 19.6 Å². The molecule has 0 aromatic heterocycles. The van der Waals surface area contributed by atoms with Gasteiger partial charge in [0.25, 0.3) is 5.91 Å². The smallest absolute Gasteiger partial charge is 0.275 e. The number of quaternary nitrogens is 1. The van der Waals surface area contributed by atoms with Crippen molar-refractivity contribution in [3.05, 3.63) is 29.3 Å². The average Bonchev–Trinajstić information content (AvgIpc) is 2.64. The second-order valence-corrected chi connectivity index (χ2v) is 8.05. The summed E-state index contributed by atoms with van der Waals surface area (Å²) in [5, 5.41) is 5.67. The zero-order valence-corrected chi connectivity index (χ0v) is 16.1. The zero-order chi connectivity index (χ0) is 18.5. The van der Waals surface area contributed by atoms with E-state index in [9.17, 15) is 9.59 Å². The summed E-state index contributed by atoms with van der Waals surface area (Å²) >= 11 is 0. The largest absolute Gasteiger partial charge is 0.342 e. The molecule has 2 aliphatic rings. The summed E-state index contributed by atoms with van der Waals surface area (Å²) in [4.78, 5) is 25.7. The fourth-order valence-electron chi connectivity index (χ4n) is 4.51. The number of nitrogens with one attached hydrogen (secondary N) is 3. The van der Waals surface area contributed by atoms with Gasteiger partial charge in [-0.25, -0.2) is 0 Å². The molecule has 1 aromatic carbocycles. The Labute approximate surface area is 156 Å². The van der Waals surface area contributed by atoms with Crippen LogP contribution in [0.2, 0.25) is 0 Å². The van der Waals surface area contributed by atoms with E-state index in [0.717, 1.165) is 41.7 Å². The molecule has 1 aliphatic carbocycles. The van der Waals surface area contributed by atoms with Crippen LogP contribution in [-0.2, 0) is 9.59 Å². The maximum atomic E-state index is 12.2. The number of benzene rings is 1. The third-order valence-electron chi connectivity index (χ3n) is 6.22. The first-order valence-electron chi connectivity index (χ1n) is 9.99. The standard InChI is InChI=1S/C21H31N3O2/c1-15-6-5-9-19(16(15)2)23-20(25)12-22-21(26)14-24-11-10-17-7-3-4-8-18(17)13-24/h5-6,9,17-18H,3-4,7-8,10-14H2,1-2H3,(H,22,26)(H,23,25)/p+1/t17-,18+/m0/s1. The van der Waals surface area contributed by atoms with Gasteiger partial charge in [0.15, 0.2) is 6.54 Å². The van der Waals surface area contributed by atoms with Crippen molar-refractivity contribution in [2.24, 2.45) is 11.8 Å². The highest BCUT2D eigenvalue weighted by Gasteiger charge is 2.34. The maximum Gasteiger partial charge on any atom is 0.275 e. The molecule has 1 saturated carbocycles. The molecule has 3 rings (SSSR count). The van der Waals surface area contributed by atoms with Crippen LogP contribution in [0.3, 0.4) is 0 Å². The molecule has 0 radical (unpaired) electrons. The van der Waals surface area contributed by atoms with E-state index < -0.39 is 0 Å². The molecule has 1 unspecified atom stereocenters. The molecule has 1 heterocycles. The van der Waals surface area contributed by atoms with Crippen molar-refractivity contribution in [2.45, 2.75) is 46.0 Å². The Morgan fingerprint density at radius 2 is 1.85 bits per heavy atom. The molecule has 1 saturated heterocycles.